The Morgan fingerprint density at radius 2 is 1.74 bits per heavy atom. The van der Waals surface area contributed by atoms with Gasteiger partial charge in [0.25, 0.3) is 0 Å². The van der Waals surface area contributed by atoms with Crippen molar-refractivity contribution in [3.8, 4) is 0 Å². The largest absolute Gasteiger partial charge is 0.364 e. The van der Waals surface area contributed by atoms with Crippen molar-refractivity contribution in [1.82, 2.24) is 19.5 Å². The van der Waals surface area contributed by atoms with E-state index >= 15 is 0 Å². The molecular formula is C20H16FN5O. The van der Waals surface area contributed by atoms with Gasteiger partial charge in [-0.25, -0.2) is 4.98 Å². The highest BCUT2D eigenvalue weighted by molar-refractivity contribution is 6.08. The number of benzene rings is 2. The number of carbonyl (C=O) groups is 1. The summed E-state index contributed by atoms with van der Waals surface area (Å²) in [7, 11) is 1.74. The number of fused-ring (bicyclic) bond motifs is 1. The molecular weight excluding hydrogens is 345 g/mol. The van der Waals surface area contributed by atoms with Gasteiger partial charge in [0, 0.05) is 24.7 Å². The third kappa shape index (κ3) is 3.39. The summed E-state index contributed by atoms with van der Waals surface area (Å²) in [6.07, 6.45) is 0.755. The van der Waals surface area contributed by atoms with Gasteiger partial charge in [0.2, 0.25) is 0 Å². The van der Waals surface area contributed by atoms with E-state index in [9.17, 15) is 9.18 Å². The van der Waals surface area contributed by atoms with Crippen molar-refractivity contribution in [2.24, 2.45) is 7.05 Å². The molecule has 0 atom stereocenters. The molecule has 2 aromatic heterocycles. The minimum Gasteiger partial charge on any atom is -0.364 e. The molecule has 0 aliphatic rings. The van der Waals surface area contributed by atoms with E-state index < -0.39 is 6.08 Å². The number of aromatic nitrogens is 4. The second-order valence-electron chi connectivity index (χ2n) is 6.11. The van der Waals surface area contributed by atoms with E-state index in [2.05, 4.69) is 20.3 Å². The van der Waals surface area contributed by atoms with Crippen LogP contribution in [0.15, 0.2) is 60.9 Å². The Bertz CT molecular complexity index is 1110. The minimum atomic E-state index is -0.808. The second-order valence-corrected chi connectivity index (χ2v) is 6.11. The van der Waals surface area contributed by atoms with Crippen molar-refractivity contribution < 1.29 is 9.18 Å². The Labute approximate surface area is 154 Å². The first kappa shape index (κ1) is 16.8. The molecule has 27 heavy (non-hydrogen) atoms. The van der Waals surface area contributed by atoms with Crippen LogP contribution in [0.1, 0.15) is 21.5 Å². The van der Waals surface area contributed by atoms with Crippen molar-refractivity contribution in [2.45, 2.75) is 6.54 Å². The molecule has 0 spiro atoms. The minimum absolute atomic E-state index is 0.0248. The maximum Gasteiger partial charge on any atom is 0.312 e. The van der Waals surface area contributed by atoms with E-state index in [0.717, 1.165) is 5.56 Å². The predicted molar refractivity (Wildman–Crippen MR) is 99.9 cm³/mol. The molecule has 4 rings (SSSR count). The number of ketones is 1. The van der Waals surface area contributed by atoms with Gasteiger partial charge in [0.1, 0.15) is 0 Å². The fourth-order valence-corrected chi connectivity index (χ4v) is 2.82. The SMILES string of the molecule is Cn1cnc2c(NCc3ccc(C(=O)c4ccccc4)cc3)nc(F)nc21. The zero-order valence-corrected chi connectivity index (χ0v) is 14.6. The van der Waals surface area contributed by atoms with Crippen LogP contribution in [0.5, 0.6) is 0 Å². The van der Waals surface area contributed by atoms with Gasteiger partial charge in [-0.15, -0.1) is 0 Å². The van der Waals surface area contributed by atoms with Gasteiger partial charge in [-0.2, -0.15) is 14.4 Å². The lowest BCUT2D eigenvalue weighted by atomic mass is 10.0. The van der Waals surface area contributed by atoms with Gasteiger partial charge >= 0.3 is 6.08 Å². The summed E-state index contributed by atoms with van der Waals surface area (Å²) in [5.74, 6) is 0.311. The van der Waals surface area contributed by atoms with Gasteiger partial charge in [-0.1, -0.05) is 54.6 Å². The number of anilines is 1. The molecule has 0 aliphatic carbocycles. The summed E-state index contributed by atoms with van der Waals surface area (Å²) in [6.45, 7) is 0.419. The van der Waals surface area contributed by atoms with E-state index in [1.165, 1.54) is 0 Å². The first-order valence-corrected chi connectivity index (χ1v) is 8.39. The van der Waals surface area contributed by atoms with Crippen LogP contribution in [-0.2, 0) is 13.6 Å². The van der Waals surface area contributed by atoms with Crippen molar-refractivity contribution >= 4 is 22.8 Å². The molecule has 0 amide bonds. The van der Waals surface area contributed by atoms with Crippen LogP contribution >= 0.6 is 0 Å². The monoisotopic (exact) mass is 361 g/mol. The van der Waals surface area contributed by atoms with Crippen LogP contribution in [0, 0.1) is 6.08 Å². The average Bonchev–Trinajstić information content (AvgIpc) is 3.07. The van der Waals surface area contributed by atoms with E-state index in [1.807, 2.05) is 30.3 Å². The zero-order valence-electron chi connectivity index (χ0n) is 14.6. The van der Waals surface area contributed by atoms with E-state index in [4.69, 9.17) is 0 Å². The second kappa shape index (κ2) is 6.95. The van der Waals surface area contributed by atoms with Crippen molar-refractivity contribution in [1.29, 1.82) is 0 Å². The van der Waals surface area contributed by atoms with Crippen LogP contribution in [0.25, 0.3) is 11.2 Å². The highest BCUT2D eigenvalue weighted by atomic mass is 19.1. The molecule has 0 saturated carbocycles. The zero-order chi connectivity index (χ0) is 18.8. The first-order valence-electron chi connectivity index (χ1n) is 8.39. The van der Waals surface area contributed by atoms with Crippen molar-refractivity contribution in [2.75, 3.05) is 5.32 Å². The van der Waals surface area contributed by atoms with Crippen LogP contribution in [0.4, 0.5) is 10.2 Å². The molecule has 0 unspecified atom stereocenters. The standard InChI is InChI=1S/C20H16FN5O/c1-26-12-23-16-18(24-20(21)25-19(16)26)22-11-13-7-9-15(10-8-13)17(27)14-5-3-2-4-6-14/h2-10,12H,11H2,1H3,(H,22,24,25). The number of hydrogen-bond acceptors (Lipinski definition) is 5. The lowest BCUT2D eigenvalue weighted by molar-refractivity contribution is 0.103. The normalized spacial score (nSPS) is 10.9. The number of aryl methyl sites for hydroxylation is 1. The fourth-order valence-electron chi connectivity index (χ4n) is 2.82. The highest BCUT2D eigenvalue weighted by Gasteiger charge is 2.12. The van der Waals surface area contributed by atoms with Crippen LogP contribution in [0.3, 0.4) is 0 Å². The van der Waals surface area contributed by atoms with E-state index in [0.29, 0.717) is 34.7 Å². The molecule has 134 valence electrons. The van der Waals surface area contributed by atoms with Crippen molar-refractivity contribution in [3.05, 3.63) is 83.7 Å². The lowest BCUT2D eigenvalue weighted by Gasteiger charge is -2.07. The molecule has 0 bridgehead atoms. The third-order valence-corrected chi connectivity index (χ3v) is 4.24. The Morgan fingerprint density at radius 3 is 2.48 bits per heavy atom. The number of carbonyl (C=O) groups excluding carboxylic acids is 1. The number of imidazole rings is 1. The Kier molecular flexibility index (Phi) is 4.33. The Balaban J connectivity index is 1.51. The highest BCUT2D eigenvalue weighted by Crippen LogP contribution is 2.19. The third-order valence-electron chi connectivity index (χ3n) is 4.24. The van der Waals surface area contributed by atoms with E-state index in [1.54, 1.807) is 42.2 Å². The summed E-state index contributed by atoms with van der Waals surface area (Å²) < 4.78 is 15.3. The predicted octanol–water partition coefficient (Wildman–Crippen LogP) is 3.35. The lowest BCUT2D eigenvalue weighted by Crippen LogP contribution is -2.06. The molecule has 0 aliphatic heterocycles. The van der Waals surface area contributed by atoms with Gasteiger partial charge in [-0.3, -0.25) is 4.79 Å². The smallest absolute Gasteiger partial charge is 0.312 e. The molecule has 4 aromatic rings. The van der Waals surface area contributed by atoms with Crippen LogP contribution in [-0.4, -0.2) is 25.3 Å². The van der Waals surface area contributed by atoms with Gasteiger partial charge in [-0.05, 0) is 5.56 Å². The molecule has 7 heteroatoms. The number of hydrogen-bond donors (Lipinski definition) is 1. The molecule has 2 heterocycles. The summed E-state index contributed by atoms with van der Waals surface area (Å²) in [6, 6.07) is 16.4. The number of halogens is 1. The summed E-state index contributed by atoms with van der Waals surface area (Å²) in [5, 5.41) is 3.09. The van der Waals surface area contributed by atoms with Crippen LogP contribution < -0.4 is 5.32 Å². The van der Waals surface area contributed by atoms with Crippen molar-refractivity contribution in [3.63, 3.8) is 0 Å². The molecule has 6 nitrogen and oxygen atoms in total. The maximum atomic E-state index is 13.6. The molecule has 0 saturated heterocycles. The molecule has 2 aromatic carbocycles. The first-order chi connectivity index (χ1) is 13.1. The van der Waals surface area contributed by atoms with Gasteiger partial charge < -0.3 is 9.88 Å². The quantitative estimate of drug-likeness (QED) is 0.436. The van der Waals surface area contributed by atoms with Gasteiger partial charge in [0.05, 0.1) is 6.33 Å². The fraction of sp³-hybridized carbons (Fsp3) is 0.100. The molecule has 0 fully saturated rings. The Hall–Kier alpha value is -3.61. The molecule has 0 radical (unpaired) electrons. The summed E-state index contributed by atoms with van der Waals surface area (Å²) in [4.78, 5) is 24.2. The van der Waals surface area contributed by atoms with Gasteiger partial charge in [0.15, 0.2) is 22.8 Å². The van der Waals surface area contributed by atoms with Crippen LogP contribution in [0.2, 0.25) is 0 Å². The summed E-state index contributed by atoms with van der Waals surface area (Å²) in [5.41, 5.74) is 3.13. The number of nitrogens with one attached hydrogen (secondary N) is 1. The average molecular weight is 361 g/mol. The number of rotatable bonds is 5. The topological polar surface area (TPSA) is 72.7 Å². The van der Waals surface area contributed by atoms with E-state index in [-0.39, 0.29) is 5.78 Å². The Morgan fingerprint density at radius 1 is 1.04 bits per heavy atom. The maximum absolute atomic E-state index is 13.6. The summed E-state index contributed by atoms with van der Waals surface area (Å²) >= 11 is 0. The molecule has 1 N–H and O–H groups in total. The number of nitrogens with zero attached hydrogens (tertiary/aromatic N) is 4.